The fraction of sp³-hybridized carbons (Fsp3) is 0.778. The van der Waals surface area contributed by atoms with E-state index in [0.717, 1.165) is 23.8 Å². The number of nitrogens with zero attached hydrogens (tertiary/aromatic N) is 2. The van der Waals surface area contributed by atoms with Crippen LogP contribution in [0.15, 0.2) is 9.95 Å². The second kappa shape index (κ2) is 5.97. The lowest BCUT2D eigenvalue weighted by atomic mass is 10.2. The minimum absolute atomic E-state index is 0.158. The summed E-state index contributed by atoms with van der Waals surface area (Å²) in [6.07, 6.45) is 2.30. The molecule has 5 nitrogen and oxygen atoms in total. The molecule has 1 aromatic rings. The lowest BCUT2D eigenvalue weighted by Gasteiger charge is -2.13. The Labute approximate surface area is 93.6 Å². The van der Waals surface area contributed by atoms with E-state index in [-0.39, 0.29) is 5.69 Å². The van der Waals surface area contributed by atoms with E-state index in [1.54, 1.807) is 18.8 Å². The number of hydrogen-bond acceptors (Lipinski definition) is 4. The fourth-order valence-corrected chi connectivity index (χ4v) is 2.37. The summed E-state index contributed by atoms with van der Waals surface area (Å²) in [4.78, 5) is 11.1. The van der Waals surface area contributed by atoms with Crippen molar-refractivity contribution in [1.29, 1.82) is 0 Å². The molecule has 1 heterocycles. The summed E-state index contributed by atoms with van der Waals surface area (Å²) in [5.74, 6) is 0.933. The zero-order valence-electron chi connectivity index (χ0n) is 9.41. The topological polar surface area (TPSA) is 62.7 Å². The van der Waals surface area contributed by atoms with Gasteiger partial charge in [-0.25, -0.2) is 9.89 Å². The molecule has 86 valence electrons. The van der Waals surface area contributed by atoms with Gasteiger partial charge in [0.2, 0.25) is 0 Å². The van der Waals surface area contributed by atoms with Crippen LogP contribution in [0.25, 0.3) is 0 Å². The highest BCUT2D eigenvalue weighted by molar-refractivity contribution is 7.99. The highest BCUT2D eigenvalue weighted by Crippen LogP contribution is 2.14. The van der Waals surface area contributed by atoms with E-state index >= 15 is 0 Å². The number of thioether (sulfide) groups is 1. The standard InChI is InChI=1S/C9H18N4OS/c1-4-5-7(10-2)6-15-9-12-11-8(14)13(9)3/h7,10H,4-6H2,1-3H3,(H,11,14). The molecule has 0 fully saturated rings. The second-order valence-corrected chi connectivity index (χ2v) is 4.44. The summed E-state index contributed by atoms with van der Waals surface area (Å²) in [6.45, 7) is 2.17. The summed E-state index contributed by atoms with van der Waals surface area (Å²) in [5, 5.41) is 10.4. The molecular formula is C9H18N4OS. The molecule has 1 rings (SSSR count). The van der Waals surface area contributed by atoms with Crippen LogP contribution in [0.5, 0.6) is 0 Å². The lowest BCUT2D eigenvalue weighted by molar-refractivity contribution is 0.563. The van der Waals surface area contributed by atoms with Crippen LogP contribution in [0.4, 0.5) is 0 Å². The van der Waals surface area contributed by atoms with Crippen molar-refractivity contribution in [3.8, 4) is 0 Å². The lowest BCUT2D eigenvalue weighted by Crippen LogP contribution is -2.27. The molecule has 0 aliphatic carbocycles. The predicted octanol–water partition coefficient (Wildman–Crippen LogP) is 0.589. The Morgan fingerprint density at radius 1 is 1.67 bits per heavy atom. The molecule has 1 aromatic heterocycles. The van der Waals surface area contributed by atoms with Gasteiger partial charge < -0.3 is 5.32 Å². The molecule has 0 saturated heterocycles. The van der Waals surface area contributed by atoms with Crippen LogP contribution in [0, 0.1) is 0 Å². The maximum absolute atomic E-state index is 11.1. The maximum Gasteiger partial charge on any atom is 0.343 e. The minimum atomic E-state index is -0.158. The number of rotatable bonds is 6. The largest absolute Gasteiger partial charge is 0.343 e. The highest BCUT2D eigenvalue weighted by Gasteiger charge is 2.09. The first-order valence-corrected chi connectivity index (χ1v) is 6.09. The summed E-state index contributed by atoms with van der Waals surface area (Å²) in [7, 11) is 3.69. The quantitative estimate of drug-likeness (QED) is 0.702. The monoisotopic (exact) mass is 230 g/mol. The van der Waals surface area contributed by atoms with Crippen LogP contribution < -0.4 is 11.0 Å². The van der Waals surface area contributed by atoms with Crippen molar-refractivity contribution in [2.45, 2.75) is 31.0 Å². The molecule has 1 unspecified atom stereocenters. The van der Waals surface area contributed by atoms with E-state index in [2.05, 4.69) is 22.4 Å². The Bertz CT molecular complexity index is 346. The van der Waals surface area contributed by atoms with Crippen LogP contribution in [-0.2, 0) is 7.05 Å². The Morgan fingerprint density at radius 2 is 2.40 bits per heavy atom. The Kier molecular flexibility index (Phi) is 4.90. The third-order valence-corrected chi connectivity index (χ3v) is 3.49. The summed E-state index contributed by atoms with van der Waals surface area (Å²) >= 11 is 1.60. The van der Waals surface area contributed by atoms with Crippen molar-refractivity contribution in [3.05, 3.63) is 10.5 Å². The molecule has 0 bridgehead atoms. The van der Waals surface area contributed by atoms with Crippen LogP contribution in [0.3, 0.4) is 0 Å². The van der Waals surface area contributed by atoms with E-state index in [1.807, 2.05) is 7.05 Å². The van der Waals surface area contributed by atoms with Crippen LogP contribution in [0.2, 0.25) is 0 Å². The summed E-state index contributed by atoms with van der Waals surface area (Å²) < 4.78 is 1.53. The van der Waals surface area contributed by atoms with Crippen molar-refractivity contribution >= 4 is 11.8 Å². The summed E-state index contributed by atoms with van der Waals surface area (Å²) in [5.41, 5.74) is -0.158. The first kappa shape index (κ1) is 12.3. The van der Waals surface area contributed by atoms with Crippen LogP contribution >= 0.6 is 11.8 Å². The molecule has 0 aliphatic heterocycles. The molecule has 0 spiro atoms. The molecule has 0 aromatic carbocycles. The second-order valence-electron chi connectivity index (χ2n) is 3.46. The van der Waals surface area contributed by atoms with Gasteiger partial charge in [-0.05, 0) is 13.5 Å². The molecule has 0 aliphatic rings. The number of nitrogens with one attached hydrogen (secondary N) is 2. The molecule has 15 heavy (non-hydrogen) atoms. The van der Waals surface area contributed by atoms with Crippen molar-refractivity contribution in [2.24, 2.45) is 7.05 Å². The Hall–Kier alpha value is -0.750. The maximum atomic E-state index is 11.1. The van der Waals surface area contributed by atoms with Crippen molar-refractivity contribution in [2.75, 3.05) is 12.8 Å². The third-order valence-electron chi connectivity index (χ3n) is 2.30. The summed E-state index contributed by atoms with van der Waals surface area (Å²) in [6, 6.07) is 0.479. The van der Waals surface area contributed by atoms with Gasteiger partial charge in [0.1, 0.15) is 0 Å². The van der Waals surface area contributed by atoms with Gasteiger partial charge in [0.15, 0.2) is 5.16 Å². The zero-order chi connectivity index (χ0) is 11.3. The van der Waals surface area contributed by atoms with Crippen molar-refractivity contribution < 1.29 is 0 Å². The van der Waals surface area contributed by atoms with Crippen LogP contribution in [0.1, 0.15) is 19.8 Å². The van der Waals surface area contributed by atoms with Gasteiger partial charge in [-0.15, -0.1) is 5.10 Å². The number of hydrogen-bond donors (Lipinski definition) is 2. The third kappa shape index (κ3) is 3.39. The molecule has 0 radical (unpaired) electrons. The Balaban J connectivity index is 2.48. The van der Waals surface area contributed by atoms with Gasteiger partial charge in [0.25, 0.3) is 0 Å². The molecule has 2 N–H and O–H groups in total. The smallest absolute Gasteiger partial charge is 0.316 e. The highest BCUT2D eigenvalue weighted by atomic mass is 32.2. The molecule has 0 saturated carbocycles. The van der Waals surface area contributed by atoms with E-state index in [0.29, 0.717) is 6.04 Å². The first-order chi connectivity index (χ1) is 7.19. The molecule has 6 heteroatoms. The Morgan fingerprint density at radius 3 is 2.87 bits per heavy atom. The van der Waals surface area contributed by atoms with Crippen molar-refractivity contribution in [1.82, 2.24) is 20.1 Å². The SMILES string of the molecule is CCCC(CSc1n[nH]c(=O)n1C)NC. The van der Waals surface area contributed by atoms with E-state index in [1.165, 1.54) is 4.57 Å². The van der Waals surface area contributed by atoms with E-state index < -0.39 is 0 Å². The molecule has 1 atom stereocenters. The molecular weight excluding hydrogens is 212 g/mol. The van der Waals surface area contributed by atoms with Gasteiger partial charge in [-0.1, -0.05) is 25.1 Å². The average molecular weight is 230 g/mol. The number of aromatic nitrogens is 3. The normalized spacial score (nSPS) is 13.0. The van der Waals surface area contributed by atoms with Gasteiger partial charge >= 0.3 is 5.69 Å². The zero-order valence-corrected chi connectivity index (χ0v) is 10.2. The first-order valence-electron chi connectivity index (χ1n) is 5.10. The molecule has 0 amide bonds. The average Bonchev–Trinajstić information content (AvgIpc) is 2.55. The van der Waals surface area contributed by atoms with Gasteiger partial charge in [-0.3, -0.25) is 4.57 Å². The fourth-order valence-electron chi connectivity index (χ4n) is 1.30. The van der Waals surface area contributed by atoms with Crippen molar-refractivity contribution in [3.63, 3.8) is 0 Å². The minimum Gasteiger partial charge on any atom is -0.316 e. The van der Waals surface area contributed by atoms with Crippen LogP contribution in [-0.4, -0.2) is 33.6 Å². The predicted molar refractivity (Wildman–Crippen MR) is 62.3 cm³/mol. The van der Waals surface area contributed by atoms with E-state index in [9.17, 15) is 4.79 Å². The van der Waals surface area contributed by atoms with Gasteiger partial charge in [0, 0.05) is 18.8 Å². The number of H-pyrrole nitrogens is 1. The van der Waals surface area contributed by atoms with Gasteiger partial charge in [-0.2, -0.15) is 0 Å². The van der Waals surface area contributed by atoms with Gasteiger partial charge in [0.05, 0.1) is 0 Å². The number of aromatic amines is 1. The van der Waals surface area contributed by atoms with E-state index in [4.69, 9.17) is 0 Å².